The molecule has 0 unspecified atom stereocenters. The van der Waals surface area contributed by atoms with E-state index in [0.29, 0.717) is 16.3 Å². The molecule has 0 atom stereocenters. The van der Waals surface area contributed by atoms with Gasteiger partial charge in [0.15, 0.2) is 0 Å². The van der Waals surface area contributed by atoms with Gasteiger partial charge in [-0.05, 0) is 31.4 Å². The monoisotopic (exact) mass is 457 g/mol. The van der Waals surface area contributed by atoms with Gasteiger partial charge in [-0.3, -0.25) is 14.2 Å². The fourth-order valence-corrected chi connectivity index (χ4v) is 3.31. The van der Waals surface area contributed by atoms with E-state index in [1.807, 2.05) is 0 Å². The van der Waals surface area contributed by atoms with Crippen LogP contribution in [0.15, 0.2) is 35.1 Å². The number of carbonyl (C=O) groups is 1. The number of rotatable bonds is 9. The highest BCUT2D eigenvalue weighted by Crippen LogP contribution is 2.44. The van der Waals surface area contributed by atoms with E-state index in [2.05, 4.69) is 10.3 Å². The molecule has 2 aromatic rings. The van der Waals surface area contributed by atoms with Crippen LogP contribution in [0, 0.1) is 5.41 Å². The predicted molar refractivity (Wildman–Crippen MR) is 110 cm³/mol. The van der Waals surface area contributed by atoms with Crippen LogP contribution in [0.1, 0.15) is 31.5 Å². The molecule has 6 nitrogen and oxygen atoms in total. The van der Waals surface area contributed by atoms with Crippen LogP contribution in [0.2, 0.25) is 5.02 Å². The van der Waals surface area contributed by atoms with E-state index in [0.717, 1.165) is 17.4 Å². The lowest BCUT2D eigenvalue weighted by Gasteiger charge is -2.16. The maximum Gasteiger partial charge on any atom is 0.389 e. The summed E-state index contributed by atoms with van der Waals surface area (Å²) in [5, 5.41) is 12.5. The van der Waals surface area contributed by atoms with Crippen molar-refractivity contribution in [2.75, 3.05) is 13.2 Å². The highest BCUT2D eigenvalue weighted by Gasteiger charge is 2.42. The van der Waals surface area contributed by atoms with Gasteiger partial charge in [0.1, 0.15) is 12.4 Å². The van der Waals surface area contributed by atoms with E-state index < -0.39 is 24.1 Å². The smallest absolute Gasteiger partial charge is 0.389 e. The first-order chi connectivity index (χ1) is 14.6. The second kappa shape index (κ2) is 9.40. The van der Waals surface area contributed by atoms with Crippen LogP contribution in [-0.2, 0) is 17.8 Å². The second-order valence-electron chi connectivity index (χ2n) is 7.89. The van der Waals surface area contributed by atoms with E-state index >= 15 is 0 Å². The Balaban J connectivity index is 1.82. The van der Waals surface area contributed by atoms with Crippen molar-refractivity contribution in [2.24, 2.45) is 5.41 Å². The van der Waals surface area contributed by atoms with E-state index in [1.54, 1.807) is 24.3 Å². The first kappa shape index (κ1) is 23.3. The Bertz CT molecular complexity index is 986. The van der Waals surface area contributed by atoms with Gasteiger partial charge in [0.25, 0.3) is 5.56 Å². The molecule has 1 saturated carbocycles. The number of aryl methyl sites for hydroxylation is 1. The van der Waals surface area contributed by atoms with Gasteiger partial charge in [0, 0.05) is 41.5 Å². The Hall–Kier alpha value is -2.39. The molecule has 0 radical (unpaired) electrons. The Morgan fingerprint density at radius 3 is 2.52 bits per heavy atom. The Labute approximate surface area is 182 Å². The Morgan fingerprint density at radius 2 is 1.94 bits per heavy atom. The number of amides is 1. The first-order valence-corrected chi connectivity index (χ1v) is 10.3. The largest absolute Gasteiger partial charge is 0.396 e. The Kier molecular flexibility index (Phi) is 7.06. The number of aliphatic hydroxyl groups excluding tert-OH is 1. The first-order valence-electron chi connectivity index (χ1n) is 9.92. The molecule has 10 heteroatoms. The molecule has 0 saturated heterocycles. The molecule has 2 N–H and O–H groups in total. The summed E-state index contributed by atoms with van der Waals surface area (Å²) < 4.78 is 38.9. The van der Waals surface area contributed by atoms with Crippen LogP contribution in [0.4, 0.5) is 13.2 Å². The van der Waals surface area contributed by atoms with Crippen molar-refractivity contribution in [1.29, 1.82) is 0 Å². The fraction of sp³-hybridized carbons (Fsp3) is 0.476. The number of carbonyl (C=O) groups excluding carboxylic acids is 1. The van der Waals surface area contributed by atoms with Crippen LogP contribution in [0.5, 0.6) is 0 Å². The maximum atomic E-state index is 12.7. The van der Waals surface area contributed by atoms with Gasteiger partial charge in [0.2, 0.25) is 5.91 Å². The van der Waals surface area contributed by atoms with Gasteiger partial charge in [-0.15, -0.1) is 0 Å². The summed E-state index contributed by atoms with van der Waals surface area (Å²) in [5.74, 6) is -0.347. The summed E-state index contributed by atoms with van der Waals surface area (Å²) in [6, 6.07) is 7.81. The van der Waals surface area contributed by atoms with Gasteiger partial charge >= 0.3 is 6.18 Å². The normalized spacial score (nSPS) is 15.0. The molecule has 1 aliphatic carbocycles. The zero-order valence-corrected chi connectivity index (χ0v) is 17.5. The molecule has 168 valence electrons. The minimum absolute atomic E-state index is 0.0345. The van der Waals surface area contributed by atoms with Crippen molar-refractivity contribution >= 4 is 17.5 Å². The minimum Gasteiger partial charge on any atom is -0.396 e. The molecule has 1 fully saturated rings. The van der Waals surface area contributed by atoms with Gasteiger partial charge in [0.05, 0.1) is 12.3 Å². The zero-order valence-electron chi connectivity index (χ0n) is 16.7. The molecule has 0 aliphatic heterocycles. The number of aromatic nitrogens is 2. The van der Waals surface area contributed by atoms with Gasteiger partial charge in [-0.25, -0.2) is 4.98 Å². The van der Waals surface area contributed by atoms with E-state index in [9.17, 15) is 27.9 Å². The summed E-state index contributed by atoms with van der Waals surface area (Å²) in [4.78, 5) is 29.5. The molecule has 0 spiro atoms. The summed E-state index contributed by atoms with van der Waals surface area (Å²) in [7, 11) is 0. The summed E-state index contributed by atoms with van der Waals surface area (Å²) in [6.07, 6.45) is -4.08. The Morgan fingerprint density at radius 1 is 1.26 bits per heavy atom. The van der Waals surface area contributed by atoms with Crippen LogP contribution >= 0.6 is 11.6 Å². The van der Waals surface area contributed by atoms with Gasteiger partial charge in [-0.1, -0.05) is 23.7 Å². The fourth-order valence-electron chi connectivity index (χ4n) is 3.18. The quantitative estimate of drug-likeness (QED) is 0.605. The van der Waals surface area contributed by atoms with Crippen molar-refractivity contribution < 1.29 is 23.1 Å². The molecular weight excluding hydrogens is 435 g/mol. The number of hydrogen-bond donors (Lipinski definition) is 2. The second-order valence-corrected chi connectivity index (χ2v) is 8.33. The third kappa shape index (κ3) is 6.54. The molecule has 1 amide bonds. The maximum absolute atomic E-state index is 12.7. The number of benzene rings is 1. The van der Waals surface area contributed by atoms with Crippen molar-refractivity contribution in [1.82, 2.24) is 14.9 Å². The standard InChI is InChI=1S/C21H23ClF3N3O3/c22-15-5-3-14(4-6-15)16-10-19(31)28(17(27-16)2-1-7-21(23,24)25)11-18(30)26-12-20(13-29)8-9-20/h3-6,10,29H,1-2,7-9,11-13H2,(H,26,30). The third-order valence-corrected chi connectivity index (χ3v) is 5.59. The summed E-state index contributed by atoms with van der Waals surface area (Å²) >= 11 is 5.88. The van der Waals surface area contributed by atoms with Gasteiger partial charge < -0.3 is 10.4 Å². The zero-order chi connectivity index (χ0) is 22.6. The third-order valence-electron chi connectivity index (χ3n) is 5.34. The van der Waals surface area contributed by atoms with E-state index in [1.165, 1.54) is 6.07 Å². The lowest BCUT2D eigenvalue weighted by molar-refractivity contribution is -0.135. The molecule has 1 aliphatic rings. The van der Waals surface area contributed by atoms with Crippen molar-refractivity contribution in [2.45, 2.75) is 44.8 Å². The molecule has 1 aromatic heterocycles. The molecule has 3 rings (SSSR count). The number of aliphatic hydroxyl groups is 1. The number of alkyl halides is 3. The number of hydrogen-bond acceptors (Lipinski definition) is 4. The van der Waals surface area contributed by atoms with Crippen molar-refractivity contribution in [3.63, 3.8) is 0 Å². The molecular formula is C21H23ClF3N3O3. The predicted octanol–water partition coefficient (Wildman–Crippen LogP) is 3.34. The highest BCUT2D eigenvalue weighted by molar-refractivity contribution is 6.30. The minimum atomic E-state index is -4.32. The lowest BCUT2D eigenvalue weighted by Crippen LogP contribution is -2.37. The topological polar surface area (TPSA) is 84.2 Å². The SMILES string of the molecule is O=C(Cn1c(CCCC(F)(F)F)nc(-c2ccc(Cl)cc2)cc1=O)NCC1(CO)CC1. The number of nitrogens with zero attached hydrogens (tertiary/aromatic N) is 2. The summed E-state index contributed by atoms with van der Waals surface area (Å²) in [5.41, 5.74) is 0.0686. The van der Waals surface area contributed by atoms with Crippen molar-refractivity contribution in [3.8, 4) is 11.3 Å². The van der Waals surface area contributed by atoms with Crippen LogP contribution < -0.4 is 10.9 Å². The molecule has 31 heavy (non-hydrogen) atoms. The number of nitrogens with one attached hydrogen (secondary N) is 1. The van der Waals surface area contributed by atoms with Crippen LogP contribution in [0.3, 0.4) is 0 Å². The van der Waals surface area contributed by atoms with Crippen LogP contribution in [-0.4, -0.2) is 39.9 Å². The summed E-state index contributed by atoms with van der Waals surface area (Å²) in [6.45, 7) is -0.0976. The van der Waals surface area contributed by atoms with Gasteiger partial charge in [-0.2, -0.15) is 13.2 Å². The van der Waals surface area contributed by atoms with Crippen LogP contribution in [0.25, 0.3) is 11.3 Å². The van der Waals surface area contributed by atoms with E-state index in [-0.39, 0.29) is 43.8 Å². The lowest BCUT2D eigenvalue weighted by atomic mass is 10.1. The average Bonchev–Trinajstić information content (AvgIpc) is 3.49. The van der Waals surface area contributed by atoms with E-state index in [4.69, 9.17) is 11.6 Å². The molecule has 1 aromatic carbocycles. The molecule has 0 bridgehead atoms. The number of halogens is 4. The molecule has 1 heterocycles. The average molecular weight is 458 g/mol. The van der Waals surface area contributed by atoms with Crippen molar-refractivity contribution in [3.05, 3.63) is 51.5 Å². The highest BCUT2D eigenvalue weighted by atomic mass is 35.5.